The Morgan fingerprint density at radius 1 is 1.23 bits per heavy atom. The molecule has 3 N–H and O–H groups in total. The van der Waals surface area contributed by atoms with Crippen LogP contribution in [0.3, 0.4) is 0 Å². The first kappa shape index (κ1) is 23.1. The van der Waals surface area contributed by atoms with Gasteiger partial charge in [0.15, 0.2) is 0 Å². The fraction of sp³-hybridized carbons (Fsp3) is 0.417. The number of quaternary nitrogens is 1. The van der Waals surface area contributed by atoms with Gasteiger partial charge in [0.05, 0.1) is 23.7 Å². The van der Waals surface area contributed by atoms with E-state index in [1.54, 1.807) is 29.2 Å². The molecule has 1 amide bonds. The summed E-state index contributed by atoms with van der Waals surface area (Å²) in [6.45, 7) is 7.06. The Morgan fingerprint density at radius 2 is 1.97 bits per heavy atom. The van der Waals surface area contributed by atoms with Gasteiger partial charge in [-0.05, 0) is 49.7 Å². The van der Waals surface area contributed by atoms with Crippen LogP contribution in [-0.4, -0.2) is 36.7 Å². The van der Waals surface area contributed by atoms with E-state index in [-0.39, 0.29) is 16.9 Å². The molecule has 0 radical (unpaired) electrons. The third kappa shape index (κ3) is 5.57. The number of anilines is 1. The molecule has 7 heteroatoms. The van der Waals surface area contributed by atoms with Gasteiger partial charge in [-0.25, -0.2) is 4.79 Å². The van der Waals surface area contributed by atoms with Crippen molar-refractivity contribution in [2.75, 3.05) is 24.6 Å². The molecule has 31 heavy (non-hydrogen) atoms. The van der Waals surface area contributed by atoms with Crippen LogP contribution in [0.2, 0.25) is 5.02 Å². The Balaban J connectivity index is 1.57. The van der Waals surface area contributed by atoms with Crippen molar-refractivity contribution in [3.63, 3.8) is 0 Å². The predicted molar refractivity (Wildman–Crippen MR) is 121 cm³/mol. The molecule has 1 aliphatic heterocycles. The summed E-state index contributed by atoms with van der Waals surface area (Å²) in [5, 5.41) is 12.0. The lowest BCUT2D eigenvalue weighted by atomic mass is 9.81. The van der Waals surface area contributed by atoms with E-state index in [2.05, 4.69) is 12.2 Å². The summed E-state index contributed by atoms with van der Waals surface area (Å²) in [5.41, 5.74) is 2.08. The van der Waals surface area contributed by atoms with Crippen LogP contribution in [-0.2, 0) is 11.3 Å². The minimum atomic E-state index is -0.966. The van der Waals surface area contributed by atoms with Crippen molar-refractivity contribution in [2.24, 2.45) is 5.41 Å². The molecule has 6 nitrogen and oxygen atoms in total. The highest BCUT2D eigenvalue weighted by atomic mass is 35.5. The number of halogens is 1. The Labute approximate surface area is 188 Å². The lowest BCUT2D eigenvalue weighted by molar-refractivity contribution is -0.672. The molecular weight excluding hydrogens is 416 g/mol. The molecule has 2 aromatic rings. The van der Waals surface area contributed by atoms with Gasteiger partial charge < -0.3 is 20.1 Å². The molecule has 0 aromatic heterocycles. The number of aromatic carboxylic acids is 1. The second-order valence-electron chi connectivity index (χ2n) is 8.09. The van der Waals surface area contributed by atoms with E-state index in [9.17, 15) is 9.59 Å². The van der Waals surface area contributed by atoms with E-state index >= 15 is 0 Å². The number of rotatable bonds is 10. The van der Waals surface area contributed by atoms with Gasteiger partial charge in [-0.15, -0.1) is 0 Å². The second-order valence-corrected chi connectivity index (χ2v) is 8.50. The molecule has 1 atom stereocenters. The average molecular weight is 446 g/mol. The van der Waals surface area contributed by atoms with E-state index in [0.29, 0.717) is 30.3 Å². The molecule has 0 saturated carbocycles. The van der Waals surface area contributed by atoms with Gasteiger partial charge in [-0.3, -0.25) is 4.79 Å². The van der Waals surface area contributed by atoms with E-state index in [1.807, 2.05) is 25.1 Å². The number of nitrogens with two attached hydrogens (primary N) is 1. The normalized spacial score (nSPS) is 18.4. The number of carboxylic acids is 1. The molecule has 1 saturated heterocycles. The number of hydrogen-bond acceptors (Lipinski definition) is 3. The summed E-state index contributed by atoms with van der Waals surface area (Å²) in [6, 6.07) is 12.4. The summed E-state index contributed by atoms with van der Waals surface area (Å²) >= 11 is 6.16. The number of carbonyl (C=O) groups is 2. The van der Waals surface area contributed by atoms with E-state index in [0.717, 1.165) is 37.2 Å². The molecule has 0 bridgehead atoms. The third-order valence-corrected chi connectivity index (χ3v) is 6.36. The lowest BCUT2D eigenvalue weighted by Crippen LogP contribution is -2.83. The highest BCUT2D eigenvalue weighted by Crippen LogP contribution is 2.39. The maximum absolute atomic E-state index is 12.7. The van der Waals surface area contributed by atoms with Crippen LogP contribution >= 0.6 is 11.6 Å². The zero-order valence-electron chi connectivity index (χ0n) is 18.1. The average Bonchev–Trinajstić information content (AvgIpc) is 3.10. The number of carbonyl (C=O) groups excluding carboxylic acids is 1. The van der Waals surface area contributed by atoms with Gasteiger partial charge >= 0.3 is 5.97 Å². The molecule has 1 aliphatic rings. The molecule has 2 aromatic carbocycles. The molecule has 166 valence electrons. The SMILES string of the molecule is CCOc1cc(C[NH2+]CCC2(CC)CC(=O)N(c3ccc(C(=O)O)cc3)C2)ccc1Cl. The van der Waals surface area contributed by atoms with Crippen LogP contribution in [0.15, 0.2) is 42.5 Å². The van der Waals surface area contributed by atoms with Crippen LogP contribution in [0.4, 0.5) is 5.69 Å². The summed E-state index contributed by atoms with van der Waals surface area (Å²) < 4.78 is 5.56. The van der Waals surface area contributed by atoms with Crippen LogP contribution in [0.1, 0.15) is 49.0 Å². The Morgan fingerprint density at radius 3 is 2.61 bits per heavy atom. The fourth-order valence-corrected chi connectivity index (χ4v) is 4.29. The van der Waals surface area contributed by atoms with Gasteiger partial charge in [0, 0.05) is 36.1 Å². The number of benzene rings is 2. The van der Waals surface area contributed by atoms with Crippen LogP contribution in [0, 0.1) is 5.41 Å². The molecule has 1 heterocycles. The quantitative estimate of drug-likeness (QED) is 0.546. The molecular formula is C24H30ClN2O4+. The highest BCUT2D eigenvalue weighted by Gasteiger charge is 2.42. The summed E-state index contributed by atoms with van der Waals surface area (Å²) in [4.78, 5) is 25.6. The van der Waals surface area contributed by atoms with Crippen LogP contribution < -0.4 is 15.0 Å². The summed E-state index contributed by atoms with van der Waals surface area (Å²) in [7, 11) is 0. The topological polar surface area (TPSA) is 83.5 Å². The number of amides is 1. The molecule has 1 fully saturated rings. The van der Waals surface area contributed by atoms with Gasteiger partial charge in [0.2, 0.25) is 5.91 Å². The second kappa shape index (κ2) is 10.2. The van der Waals surface area contributed by atoms with Crippen molar-refractivity contribution in [3.8, 4) is 5.75 Å². The van der Waals surface area contributed by atoms with Gasteiger partial charge in [0.25, 0.3) is 0 Å². The largest absolute Gasteiger partial charge is 0.492 e. The van der Waals surface area contributed by atoms with Crippen LogP contribution in [0.5, 0.6) is 5.75 Å². The predicted octanol–water partition coefficient (Wildman–Crippen LogP) is 3.72. The number of carboxylic acid groups (broad SMARTS) is 1. The minimum Gasteiger partial charge on any atom is -0.492 e. The van der Waals surface area contributed by atoms with Crippen molar-refractivity contribution >= 4 is 29.2 Å². The molecule has 1 unspecified atom stereocenters. The fourth-order valence-electron chi connectivity index (χ4n) is 4.11. The number of nitrogens with zero attached hydrogens (tertiary/aromatic N) is 1. The van der Waals surface area contributed by atoms with Crippen molar-refractivity contribution < 1.29 is 24.7 Å². The standard InChI is InChI=1S/C24H29ClN2O4/c1-3-24(11-12-26-15-17-5-10-20(25)21(13-17)31-4-2)14-22(28)27(16-24)19-8-6-18(7-9-19)23(29)30/h5-10,13,26H,3-4,11-12,14-16H2,1-2H3,(H,29,30)/p+1. The number of ether oxygens (including phenoxy) is 1. The van der Waals surface area contributed by atoms with Crippen LogP contribution in [0.25, 0.3) is 0 Å². The maximum atomic E-state index is 12.7. The Hall–Kier alpha value is -2.57. The number of hydrogen-bond donors (Lipinski definition) is 2. The monoisotopic (exact) mass is 445 g/mol. The first-order valence-electron chi connectivity index (χ1n) is 10.7. The third-order valence-electron chi connectivity index (χ3n) is 6.05. The van der Waals surface area contributed by atoms with Crippen molar-refractivity contribution in [3.05, 3.63) is 58.6 Å². The molecule has 3 rings (SSSR count). The molecule has 0 spiro atoms. The first-order valence-corrected chi connectivity index (χ1v) is 11.1. The summed E-state index contributed by atoms with van der Waals surface area (Å²) in [6.07, 6.45) is 2.38. The highest BCUT2D eigenvalue weighted by molar-refractivity contribution is 6.32. The zero-order valence-corrected chi connectivity index (χ0v) is 18.8. The lowest BCUT2D eigenvalue weighted by Gasteiger charge is -2.26. The molecule has 0 aliphatic carbocycles. The maximum Gasteiger partial charge on any atom is 0.335 e. The Kier molecular flexibility index (Phi) is 7.57. The van der Waals surface area contributed by atoms with Gasteiger partial charge in [0.1, 0.15) is 12.3 Å². The van der Waals surface area contributed by atoms with Crippen molar-refractivity contribution in [1.82, 2.24) is 0 Å². The van der Waals surface area contributed by atoms with E-state index < -0.39 is 5.97 Å². The van der Waals surface area contributed by atoms with Gasteiger partial charge in [-0.1, -0.05) is 24.6 Å². The van der Waals surface area contributed by atoms with Gasteiger partial charge in [-0.2, -0.15) is 0 Å². The zero-order chi connectivity index (χ0) is 22.4. The first-order chi connectivity index (χ1) is 14.9. The van der Waals surface area contributed by atoms with Crippen molar-refractivity contribution in [1.29, 1.82) is 0 Å². The van der Waals surface area contributed by atoms with E-state index in [4.69, 9.17) is 21.4 Å². The minimum absolute atomic E-state index is 0.0600. The summed E-state index contributed by atoms with van der Waals surface area (Å²) in [5.74, 6) is -0.151. The van der Waals surface area contributed by atoms with E-state index in [1.165, 1.54) is 0 Å². The smallest absolute Gasteiger partial charge is 0.335 e. The van der Waals surface area contributed by atoms with Crippen molar-refractivity contribution in [2.45, 2.75) is 39.7 Å². The Bertz CT molecular complexity index is 932.